The zero-order valence-corrected chi connectivity index (χ0v) is 9.33. The van der Waals surface area contributed by atoms with Crippen molar-refractivity contribution < 1.29 is 13.6 Å². The number of sulfonamides is 1. The normalized spacial score (nSPS) is 19.6. The zero-order valence-electron chi connectivity index (χ0n) is 8.52. The van der Waals surface area contributed by atoms with Crippen molar-refractivity contribution >= 4 is 15.9 Å². The number of hydrogen-bond donors (Lipinski definition) is 3. The molecule has 88 valence electrons. The lowest BCUT2D eigenvalue weighted by Gasteiger charge is -2.11. The van der Waals surface area contributed by atoms with Crippen LogP contribution in [0.1, 0.15) is 32.1 Å². The van der Waals surface area contributed by atoms with E-state index in [2.05, 4.69) is 9.88 Å². The summed E-state index contributed by atoms with van der Waals surface area (Å²) < 4.78 is 25.8. The molecule has 0 atom stereocenters. The molecule has 7 heteroatoms. The first kappa shape index (κ1) is 12.3. The van der Waals surface area contributed by atoms with Gasteiger partial charge in [-0.1, -0.05) is 18.0 Å². The van der Waals surface area contributed by atoms with Gasteiger partial charge in [-0.05, 0) is 12.8 Å². The number of nitrogens with zero attached hydrogens (tertiary/aromatic N) is 1. The second-order valence-electron chi connectivity index (χ2n) is 3.69. The molecule has 0 aromatic rings. The molecule has 0 saturated heterocycles. The number of rotatable bonds is 5. The average Bonchev–Trinajstić information content (AvgIpc) is 2.70. The van der Waals surface area contributed by atoms with Crippen LogP contribution in [-0.2, 0) is 10.0 Å². The minimum atomic E-state index is -3.21. The maximum Gasteiger partial charge on any atom is 0.214 e. The Morgan fingerprint density at radius 1 is 1.47 bits per heavy atom. The topological polar surface area (TPSA) is 105 Å². The molecule has 0 aromatic carbocycles. The minimum Gasteiger partial charge on any atom is -0.409 e. The summed E-state index contributed by atoms with van der Waals surface area (Å²) in [4.78, 5) is 0. The van der Waals surface area contributed by atoms with Crippen LogP contribution in [-0.4, -0.2) is 31.3 Å². The Morgan fingerprint density at radius 2 is 2.07 bits per heavy atom. The van der Waals surface area contributed by atoms with Crippen LogP contribution in [0, 0.1) is 0 Å². The second kappa shape index (κ2) is 5.32. The fourth-order valence-electron chi connectivity index (χ4n) is 1.69. The van der Waals surface area contributed by atoms with Gasteiger partial charge in [0.25, 0.3) is 0 Å². The minimum absolute atomic E-state index is 0.0316. The van der Waals surface area contributed by atoms with Crippen molar-refractivity contribution in [1.82, 2.24) is 4.72 Å². The van der Waals surface area contributed by atoms with Crippen LogP contribution in [0.3, 0.4) is 0 Å². The molecule has 0 unspecified atom stereocenters. The fourth-order valence-corrected chi connectivity index (χ4v) is 3.26. The molecule has 1 saturated carbocycles. The van der Waals surface area contributed by atoms with Gasteiger partial charge >= 0.3 is 0 Å². The van der Waals surface area contributed by atoms with Crippen LogP contribution in [0.4, 0.5) is 0 Å². The molecular weight excluding hydrogens is 218 g/mol. The molecule has 0 radical (unpaired) electrons. The molecule has 4 N–H and O–H groups in total. The summed E-state index contributed by atoms with van der Waals surface area (Å²) >= 11 is 0. The van der Waals surface area contributed by atoms with E-state index < -0.39 is 10.0 Å². The van der Waals surface area contributed by atoms with Crippen molar-refractivity contribution in [3.05, 3.63) is 0 Å². The summed E-state index contributed by atoms with van der Waals surface area (Å²) in [6.07, 6.45) is 3.65. The Labute approximate surface area is 89.6 Å². The smallest absolute Gasteiger partial charge is 0.214 e. The van der Waals surface area contributed by atoms with E-state index in [0.29, 0.717) is 0 Å². The maximum atomic E-state index is 11.6. The summed E-state index contributed by atoms with van der Waals surface area (Å²) in [7, 11) is -3.21. The van der Waals surface area contributed by atoms with Gasteiger partial charge in [-0.3, -0.25) is 0 Å². The van der Waals surface area contributed by atoms with Gasteiger partial charge in [0.1, 0.15) is 5.84 Å². The molecule has 1 aliphatic rings. The van der Waals surface area contributed by atoms with Crippen LogP contribution in [0.5, 0.6) is 0 Å². The van der Waals surface area contributed by atoms with Crippen LogP contribution in [0.15, 0.2) is 5.16 Å². The third-order valence-corrected chi connectivity index (χ3v) is 4.51. The number of nitrogens with two attached hydrogens (primary N) is 1. The SMILES string of the molecule is NC(CCNS(=O)(=O)C1CCCC1)=NO. The first-order valence-electron chi connectivity index (χ1n) is 5.01. The van der Waals surface area contributed by atoms with E-state index in [1.807, 2.05) is 0 Å². The molecule has 0 spiro atoms. The van der Waals surface area contributed by atoms with Gasteiger partial charge in [0, 0.05) is 13.0 Å². The summed E-state index contributed by atoms with van der Waals surface area (Å²) in [6.45, 7) is 0.189. The van der Waals surface area contributed by atoms with Gasteiger partial charge in [-0.25, -0.2) is 13.1 Å². The monoisotopic (exact) mass is 235 g/mol. The lowest BCUT2D eigenvalue weighted by molar-refractivity contribution is 0.317. The predicted octanol–water partition coefficient (Wildman–Crippen LogP) is -0.0151. The third-order valence-electron chi connectivity index (χ3n) is 2.55. The summed E-state index contributed by atoms with van der Waals surface area (Å²) in [6, 6.07) is 0. The largest absolute Gasteiger partial charge is 0.409 e. The average molecular weight is 235 g/mol. The molecule has 0 heterocycles. The van der Waals surface area contributed by atoms with E-state index >= 15 is 0 Å². The Morgan fingerprint density at radius 3 is 2.60 bits per heavy atom. The lowest BCUT2D eigenvalue weighted by Crippen LogP contribution is -2.34. The van der Waals surface area contributed by atoms with Crippen LogP contribution in [0.25, 0.3) is 0 Å². The molecule has 0 bridgehead atoms. The molecule has 15 heavy (non-hydrogen) atoms. The molecule has 6 nitrogen and oxygen atoms in total. The third kappa shape index (κ3) is 3.67. The molecule has 1 rings (SSSR count). The molecule has 0 aromatic heterocycles. The highest BCUT2D eigenvalue weighted by Gasteiger charge is 2.27. The van der Waals surface area contributed by atoms with E-state index in [0.717, 1.165) is 25.7 Å². The number of oxime groups is 1. The Balaban J connectivity index is 2.36. The van der Waals surface area contributed by atoms with Crippen molar-refractivity contribution in [2.24, 2.45) is 10.9 Å². The standard InChI is InChI=1S/C8H17N3O3S/c9-8(11-12)5-6-10-15(13,14)7-3-1-2-4-7/h7,10,12H,1-6H2,(H2,9,11). The van der Waals surface area contributed by atoms with Crippen molar-refractivity contribution in [3.63, 3.8) is 0 Å². The number of amidine groups is 1. The highest BCUT2D eigenvalue weighted by Crippen LogP contribution is 2.23. The van der Waals surface area contributed by atoms with Crippen molar-refractivity contribution in [2.45, 2.75) is 37.4 Å². The van der Waals surface area contributed by atoms with Gasteiger partial charge in [-0.15, -0.1) is 0 Å². The van der Waals surface area contributed by atoms with E-state index in [1.54, 1.807) is 0 Å². The van der Waals surface area contributed by atoms with Crippen molar-refractivity contribution in [1.29, 1.82) is 0 Å². The number of nitrogens with one attached hydrogen (secondary N) is 1. The second-order valence-corrected chi connectivity index (χ2v) is 5.73. The first-order valence-corrected chi connectivity index (χ1v) is 6.56. The molecule has 0 amide bonds. The molecule has 1 aliphatic carbocycles. The first-order chi connectivity index (χ1) is 7.06. The highest BCUT2D eigenvalue weighted by atomic mass is 32.2. The van der Waals surface area contributed by atoms with Gasteiger partial charge in [0.2, 0.25) is 10.0 Å². The van der Waals surface area contributed by atoms with E-state index in [1.165, 1.54) is 0 Å². The highest BCUT2D eigenvalue weighted by molar-refractivity contribution is 7.90. The number of hydrogen-bond acceptors (Lipinski definition) is 4. The van der Waals surface area contributed by atoms with Gasteiger partial charge in [0.05, 0.1) is 5.25 Å². The predicted molar refractivity (Wildman–Crippen MR) is 57.2 cm³/mol. The van der Waals surface area contributed by atoms with E-state index in [-0.39, 0.29) is 24.1 Å². The van der Waals surface area contributed by atoms with Gasteiger partial charge in [-0.2, -0.15) is 0 Å². The fraction of sp³-hybridized carbons (Fsp3) is 0.875. The van der Waals surface area contributed by atoms with Crippen molar-refractivity contribution in [3.8, 4) is 0 Å². The van der Waals surface area contributed by atoms with Crippen LogP contribution < -0.4 is 10.5 Å². The van der Waals surface area contributed by atoms with Crippen molar-refractivity contribution in [2.75, 3.05) is 6.54 Å². The Kier molecular flexibility index (Phi) is 4.34. The lowest BCUT2D eigenvalue weighted by atomic mass is 10.4. The van der Waals surface area contributed by atoms with Gasteiger partial charge in [0.15, 0.2) is 0 Å². The Bertz CT molecular complexity index is 320. The van der Waals surface area contributed by atoms with Crippen LogP contribution in [0.2, 0.25) is 0 Å². The van der Waals surface area contributed by atoms with Crippen LogP contribution >= 0.6 is 0 Å². The molecular formula is C8H17N3O3S. The van der Waals surface area contributed by atoms with Gasteiger partial charge < -0.3 is 10.9 Å². The summed E-state index contributed by atoms with van der Waals surface area (Å²) in [5, 5.41) is 10.8. The summed E-state index contributed by atoms with van der Waals surface area (Å²) in [5.41, 5.74) is 5.22. The summed E-state index contributed by atoms with van der Waals surface area (Å²) in [5.74, 6) is 0.0316. The molecule has 0 aliphatic heterocycles. The van der Waals surface area contributed by atoms with E-state index in [9.17, 15) is 8.42 Å². The zero-order chi connectivity index (χ0) is 11.3. The molecule has 1 fully saturated rings. The maximum absolute atomic E-state index is 11.6. The van der Waals surface area contributed by atoms with E-state index in [4.69, 9.17) is 10.9 Å². The quantitative estimate of drug-likeness (QED) is 0.269. The Hall–Kier alpha value is -0.820.